The molecule has 3 heteroatoms. The van der Waals surface area contributed by atoms with Crippen molar-refractivity contribution < 1.29 is 14.6 Å². The lowest BCUT2D eigenvalue weighted by atomic mass is 10.2. The van der Waals surface area contributed by atoms with E-state index in [-0.39, 0.29) is 0 Å². The summed E-state index contributed by atoms with van der Waals surface area (Å²) >= 11 is 0. The molecule has 3 nitrogen and oxygen atoms in total. The lowest BCUT2D eigenvalue weighted by molar-refractivity contribution is -0.236. The summed E-state index contributed by atoms with van der Waals surface area (Å²) in [6.45, 7) is 4.07. The van der Waals surface area contributed by atoms with Crippen LogP contribution in [0.15, 0.2) is 24.3 Å². The van der Waals surface area contributed by atoms with Gasteiger partial charge >= 0.3 is 5.97 Å². The van der Waals surface area contributed by atoms with E-state index in [9.17, 15) is 4.79 Å². The molecule has 0 heterocycles. The minimum atomic E-state index is -0.457. The molecule has 0 amide bonds. The van der Waals surface area contributed by atoms with Gasteiger partial charge in [-0.25, -0.2) is 4.79 Å². The zero-order chi connectivity index (χ0) is 9.68. The smallest absolute Gasteiger partial charge is 0.293 e. The van der Waals surface area contributed by atoms with Crippen LogP contribution in [-0.2, 0) is 9.78 Å². The summed E-state index contributed by atoms with van der Waals surface area (Å²) in [6, 6.07) is 7.11. The van der Waals surface area contributed by atoms with Crippen molar-refractivity contribution in [3.63, 3.8) is 0 Å². The second-order valence-electron chi connectivity index (χ2n) is 2.64. The maximum absolute atomic E-state index is 11.2. The largest absolute Gasteiger partial charge is 0.373 e. The average Bonchev–Trinajstić information content (AvgIpc) is 2.15. The highest BCUT2D eigenvalue weighted by Crippen LogP contribution is 2.04. The molecule has 0 fully saturated rings. The number of rotatable bonds is 3. The summed E-state index contributed by atoms with van der Waals surface area (Å²) in [5.41, 5.74) is 1.60. The molecule has 0 radical (unpaired) electrons. The van der Waals surface area contributed by atoms with Crippen molar-refractivity contribution in [2.24, 2.45) is 0 Å². The Kier molecular flexibility index (Phi) is 3.46. The van der Waals surface area contributed by atoms with Crippen LogP contribution in [0.4, 0.5) is 0 Å². The highest BCUT2D eigenvalue weighted by atomic mass is 17.2. The van der Waals surface area contributed by atoms with Crippen molar-refractivity contribution in [3.05, 3.63) is 35.4 Å². The Hall–Kier alpha value is -1.35. The fraction of sp³-hybridized carbons (Fsp3) is 0.300. The lowest BCUT2D eigenvalue weighted by Gasteiger charge is -2.01. The van der Waals surface area contributed by atoms with Gasteiger partial charge in [0, 0.05) is 0 Å². The fourth-order valence-corrected chi connectivity index (χ4v) is 0.850. The second-order valence-corrected chi connectivity index (χ2v) is 2.64. The van der Waals surface area contributed by atoms with Crippen LogP contribution in [0.3, 0.4) is 0 Å². The predicted octanol–water partition coefficient (Wildman–Crippen LogP) is 2.10. The molecule has 70 valence electrons. The standard InChI is InChI=1S/C10H12O3/c1-3-12-13-10(11)9-6-4-8(2)5-7-9/h4-7H,3H2,1-2H3. The van der Waals surface area contributed by atoms with Gasteiger partial charge in [-0.3, -0.25) is 4.89 Å². The predicted molar refractivity (Wildman–Crippen MR) is 48.2 cm³/mol. The average molecular weight is 180 g/mol. The molecule has 0 aliphatic rings. The van der Waals surface area contributed by atoms with Crippen LogP contribution in [0.25, 0.3) is 0 Å². The van der Waals surface area contributed by atoms with Gasteiger partial charge < -0.3 is 0 Å². The first-order valence-corrected chi connectivity index (χ1v) is 4.14. The van der Waals surface area contributed by atoms with Crippen molar-refractivity contribution in [1.29, 1.82) is 0 Å². The number of aryl methyl sites for hydroxylation is 1. The van der Waals surface area contributed by atoms with E-state index in [0.717, 1.165) is 5.56 Å². The Bertz CT molecular complexity index is 277. The first-order chi connectivity index (χ1) is 6.24. The van der Waals surface area contributed by atoms with Gasteiger partial charge in [-0.1, -0.05) is 17.7 Å². The van der Waals surface area contributed by atoms with Crippen LogP contribution in [0.5, 0.6) is 0 Å². The van der Waals surface area contributed by atoms with E-state index in [1.807, 2.05) is 19.1 Å². The zero-order valence-electron chi connectivity index (χ0n) is 7.74. The van der Waals surface area contributed by atoms with Crippen molar-refractivity contribution >= 4 is 5.97 Å². The first kappa shape index (κ1) is 9.74. The molecule has 0 saturated carbocycles. The van der Waals surface area contributed by atoms with E-state index >= 15 is 0 Å². The molecule has 0 bridgehead atoms. The van der Waals surface area contributed by atoms with Crippen LogP contribution < -0.4 is 0 Å². The molecule has 0 atom stereocenters. The van der Waals surface area contributed by atoms with Gasteiger partial charge in [0.05, 0.1) is 12.2 Å². The van der Waals surface area contributed by atoms with Gasteiger partial charge in [0.15, 0.2) is 0 Å². The van der Waals surface area contributed by atoms with Crippen LogP contribution in [0, 0.1) is 6.92 Å². The summed E-state index contributed by atoms with van der Waals surface area (Å²) in [6.07, 6.45) is 0. The Morgan fingerprint density at radius 3 is 2.46 bits per heavy atom. The van der Waals surface area contributed by atoms with E-state index in [0.29, 0.717) is 12.2 Å². The number of benzene rings is 1. The summed E-state index contributed by atoms with van der Waals surface area (Å²) in [5, 5.41) is 0. The molecule has 13 heavy (non-hydrogen) atoms. The molecule has 0 unspecified atom stereocenters. The van der Waals surface area contributed by atoms with Gasteiger partial charge in [0.25, 0.3) is 0 Å². The third kappa shape index (κ3) is 2.87. The second kappa shape index (κ2) is 4.62. The van der Waals surface area contributed by atoms with Crippen molar-refractivity contribution in [1.82, 2.24) is 0 Å². The third-order valence-electron chi connectivity index (χ3n) is 1.54. The molecule has 1 aromatic carbocycles. The Labute approximate surface area is 77.2 Å². The Balaban J connectivity index is 2.61. The molecule has 1 rings (SSSR count). The van der Waals surface area contributed by atoms with Gasteiger partial charge in [-0.2, -0.15) is 4.89 Å². The maximum atomic E-state index is 11.2. The highest BCUT2D eigenvalue weighted by molar-refractivity contribution is 5.88. The Morgan fingerprint density at radius 2 is 1.92 bits per heavy atom. The fourth-order valence-electron chi connectivity index (χ4n) is 0.850. The molecule has 0 aliphatic carbocycles. The molecule has 0 spiro atoms. The monoisotopic (exact) mass is 180 g/mol. The number of hydrogen-bond donors (Lipinski definition) is 0. The molecule has 0 saturated heterocycles. The SMILES string of the molecule is CCOOC(=O)c1ccc(C)cc1. The summed E-state index contributed by atoms with van der Waals surface area (Å²) in [4.78, 5) is 20.2. The van der Waals surface area contributed by atoms with Gasteiger partial charge in [0.1, 0.15) is 0 Å². The lowest BCUT2D eigenvalue weighted by Crippen LogP contribution is -2.05. The van der Waals surface area contributed by atoms with E-state index in [2.05, 4.69) is 9.78 Å². The number of carbonyl (C=O) groups excluding carboxylic acids is 1. The minimum absolute atomic E-state index is 0.359. The highest BCUT2D eigenvalue weighted by Gasteiger charge is 2.06. The van der Waals surface area contributed by atoms with E-state index in [4.69, 9.17) is 0 Å². The normalized spacial score (nSPS) is 9.69. The van der Waals surface area contributed by atoms with Crippen molar-refractivity contribution in [2.75, 3.05) is 6.61 Å². The molecule has 1 aromatic rings. The third-order valence-corrected chi connectivity index (χ3v) is 1.54. The quantitative estimate of drug-likeness (QED) is 0.528. The van der Waals surface area contributed by atoms with Crippen LogP contribution in [-0.4, -0.2) is 12.6 Å². The van der Waals surface area contributed by atoms with E-state index in [1.165, 1.54) is 0 Å². The van der Waals surface area contributed by atoms with Gasteiger partial charge in [-0.05, 0) is 26.0 Å². The van der Waals surface area contributed by atoms with Gasteiger partial charge in [0.2, 0.25) is 0 Å². The maximum Gasteiger partial charge on any atom is 0.373 e. The van der Waals surface area contributed by atoms with Crippen molar-refractivity contribution in [2.45, 2.75) is 13.8 Å². The number of carbonyl (C=O) groups is 1. The molecular formula is C10H12O3. The zero-order valence-corrected chi connectivity index (χ0v) is 7.74. The van der Waals surface area contributed by atoms with Crippen LogP contribution >= 0.6 is 0 Å². The van der Waals surface area contributed by atoms with Gasteiger partial charge in [-0.15, -0.1) is 0 Å². The molecule has 0 N–H and O–H groups in total. The summed E-state index contributed by atoms with van der Waals surface area (Å²) < 4.78 is 0. The summed E-state index contributed by atoms with van der Waals surface area (Å²) in [7, 11) is 0. The van der Waals surface area contributed by atoms with Crippen molar-refractivity contribution in [3.8, 4) is 0 Å². The Morgan fingerprint density at radius 1 is 1.31 bits per heavy atom. The van der Waals surface area contributed by atoms with E-state index < -0.39 is 5.97 Å². The number of hydrogen-bond acceptors (Lipinski definition) is 3. The molecule has 0 aromatic heterocycles. The topological polar surface area (TPSA) is 35.5 Å². The first-order valence-electron chi connectivity index (χ1n) is 4.14. The van der Waals surface area contributed by atoms with E-state index in [1.54, 1.807) is 19.1 Å². The minimum Gasteiger partial charge on any atom is -0.293 e. The molecular weight excluding hydrogens is 168 g/mol. The molecule has 0 aliphatic heterocycles. The van der Waals surface area contributed by atoms with Crippen LogP contribution in [0.1, 0.15) is 22.8 Å². The van der Waals surface area contributed by atoms with Crippen LogP contribution in [0.2, 0.25) is 0 Å². The summed E-state index contributed by atoms with van der Waals surface area (Å²) in [5.74, 6) is -0.457.